The van der Waals surface area contributed by atoms with Gasteiger partial charge < -0.3 is 4.57 Å². The maximum atomic E-state index is 13.4. The van der Waals surface area contributed by atoms with Gasteiger partial charge in [-0.25, -0.2) is 4.39 Å². The van der Waals surface area contributed by atoms with E-state index in [0.29, 0.717) is 17.1 Å². The lowest BCUT2D eigenvalue weighted by Gasteiger charge is -2.06. The van der Waals surface area contributed by atoms with Gasteiger partial charge in [-0.2, -0.15) is 0 Å². The molecule has 1 aromatic carbocycles. The van der Waals surface area contributed by atoms with Gasteiger partial charge in [-0.1, -0.05) is 17.7 Å². The molecule has 0 bridgehead atoms. The number of aromatic nitrogens is 1. The summed E-state index contributed by atoms with van der Waals surface area (Å²) < 4.78 is 15.4. The van der Waals surface area contributed by atoms with Gasteiger partial charge in [0.15, 0.2) is 0 Å². The van der Waals surface area contributed by atoms with Crippen LogP contribution in [0.3, 0.4) is 0 Å². The zero-order valence-electron chi connectivity index (χ0n) is 8.37. The first-order chi connectivity index (χ1) is 7.16. The Hall–Kier alpha value is -1.28. The van der Waals surface area contributed by atoms with Crippen molar-refractivity contribution in [1.29, 1.82) is 0 Å². The normalized spacial score (nSPS) is 10.6. The molecule has 0 fully saturated rings. The fourth-order valence-electron chi connectivity index (χ4n) is 1.53. The molecule has 1 nitrogen and oxygen atoms in total. The van der Waals surface area contributed by atoms with E-state index in [0.717, 1.165) is 5.56 Å². The van der Waals surface area contributed by atoms with Crippen LogP contribution in [0.1, 0.15) is 11.1 Å². The Bertz CT molecular complexity index is 456. The summed E-state index contributed by atoms with van der Waals surface area (Å²) in [5, 5.41) is 0.473. The molecule has 0 aliphatic carbocycles. The van der Waals surface area contributed by atoms with Gasteiger partial charge in [0, 0.05) is 23.0 Å². The summed E-state index contributed by atoms with van der Waals surface area (Å²) in [4.78, 5) is 0. The molecule has 0 radical (unpaired) electrons. The molecule has 15 heavy (non-hydrogen) atoms. The standard InChI is InChI=1S/C12H11ClFN/c1-9-5-6-15(7-9)8-10-11(13)3-2-4-12(10)14/h2-7H,8H2,1H3. The molecule has 1 aromatic heterocycles. The van der Waals surface area contributed by atoms with Gasteiger partial charge in [0.25, 0.3) is 0 Å². The van der Waals surface area contributed by atoms with Crippen LogP contribution in [0.5, 0.6) is 0 Å². The Balaban J connectivity index is 2.31. The smallest absolute Gasteiger partial charge is 0.129 e. The largest absolute Gasteiger partial charge is 0.349 e. The van der Waals surface area contributed by atoms with Crippen LogP contribution in [0.4, 0.5) is 4.39 Å². The monoisotopic (exact) mass is 223 g/mol. The van der Waals surface area contributed by atoms with E-state index in [9.17, 15) is 4.39 Å². The topological polar surface area (TPSA) is 4.93 Å². The third kappa shape index (κ3) is 2.21. The van der Waals surface area contributed by atoms with Crippen molar-refractivity contribution in [3.05, 3.63) is 58.6 Å². The summed E-state index contributed by atoms with van der Waals surface area (Å²) in [6, 6.07) is 6.73. The molecule has 2 rings (SSSR count). The first kappa shape index (κ1) is 10.2. The van der Waals surface area contributed by atoms with Crippen molar-refractivity contribution in [2.75, 3.05) is 0 Å². The van der Waals surface area contributed by atoms with E-state index < -0.39 is 0 Å². The Labute approximate surface area is 93.1 Å². The number of benzene rings is 1. The van der Waals surface area contributed by atoms with Gasteiger partial charge in [-0.05, 0) is 30.7 Å². The van der Waals surface area contributed by atoms with E-state index in [4.69, 9.17) is 11.6 Å². The fraction of sp³-hybridized carbons (Fsp3) is 0.167. The summed E-state index contributed by atoms with van der Waals surface area (Å²) in [5.41, 5.74) is 1.69. The maximum absolute atomic E-state index is 13.4. The molecule has 0 aliphatic heterocycles. The summed E-state index contributed by atoms with van der Waals surface area (Å²) in [7, 11) is 0. The van der Waals surface area contributed by atoms with Crippen molar-refractivity contribution in [3.8, 4) is 0 Å². The fourth-order valence-corrected chi connectivity index (χ4v) is 1.75. The predicted molar refractivity (Wildman–Crippen MR) is 59.7 cm³/mol. The Morgan fingerprint density at radius 1 is 1.33 bits per heavy atom. The Morgan fingerprint density at radius 2 is 2.13 bits per heavy atom. The number of hydrogen-bond acceptors (Lipinski definition) is 0. The van der Waals surface area contributed by atoms with Crippen molar-refractivity contribution in [3.63, 3.8) is 0 Å². The van der Waals surface area contributed by atoms with E-state index in [1.807, 2.05) is 30.0 Å². The SMILES string of the molecule is Cc1ccn(Cc2c(F)cccc2Cl)c1. The van der Waals surface area contributed by atoms with E-state index in [-0.39, 0.29) is 5.82 Å². The average molecular weight is 224 g/mol. The van der Waals surface area contributed by atoms with E-state index >= 15 is 0 Å². The molecule has 0 atom stereocenters. The van der Waals surface area contributed by atoms with Gasteiger partial charge in [0.1, 0.15) is 5.82 Å². The van der Waals surface area contributed by atoms with Crippen molar-refractivity contribution in [2.24, 2.45) is 0 Å². The van der Waals surface area contributed by atoms with Gasteiger partial charge >= 0.3 is 0 Å². The van der Waals surface area contributed by atoms with Crippen LogP contribution in [-0.2, 0) is 6.54 Å². The summed E-state index contributed by atoms with van der Waals surface area (Å²) in [6.45, 7) is 2.47. The van der Waals surface area contributed by atoms with Crippen LogP contribution in [0.15, 0.2) is 36.7 Å². The zero-order chi connectivity index (χ0) is 10.8. The van der Waals surface area contributed by atoms with Gasteiger partial charge in [-0.3, -0.25) is 0 Å². The lowest BCUT2D eigenvalue weighted by atomic mass is 10.2. The van der Waals surface area contributed by atoms with Gasteiger partial charge in [0.2, 0.25) is 0 Å². The summed E-state index contributed by atoms with van der Waals surface area (Å²) in [5.74, 6) is -0.256. The molecule has 1 heterocycles. The molecule has 3 heteroatoms. The quantitative estimate of drug-likeness (QED) is 0.733. The summed E-state index contributed by atoms with van der Waals surface area (Å²) >= 11 is 5.93. The second-order valence-electron chi connectivity index (χ2n) is 3.56. The Morgan fingerprint density at radius 3 is 2.73 bits per heavy atom. The summed E-state index contributed by atoms with van der Waals surface area (Å²) in [6.07, 6.45) is 3.88. The highest BCUT2D eigenvalue weighted by molar-refractivity contribution is 6.31. The van der Waals surface area contributed by atoms with Crippen LogP contribution in [-0.4, -0.2) is 4.57 Å². The average Bonchev–Trinajstić information content (AvgIpc) is 2.58. The predicted octanol–water partition coefficient (Wildman–Crippen LogP) is 3.64. The van der Waals surface area contributed by atoms with Crippen LogP contribution < -0.4 is 0 Å². The van der Waals surface area contributed by atoms with Gasteiger partial charge in [-0.15, -0.1) is 0 Å². The van der Waals surface area contributed by atoms with E-state index in [2.05, 4.69) is 0 Å². The minimum atomic E-state index is -0.256. The van der Waals surface area contributed by atoms with Crippen molar-refractivity contribution in [1.82, 2.24) is 4.57 Å². The van der Waals surface area contributed by atoms with E-state index in [1.54, 1.807) is 12.1 Å². The van der Waals surface area contributed by atoms with Crippen LogP contribution in [0.25, 0.3) is 0 Å². The highest BCUT2D eigenvalue weighted by atomic mass is 35.5. The molecule has 0 spiro atoms. The second-order valence-corrected chi connectivity index (χ2v) is 3.97. The minimum absolute atomic E-state index is 0.256. The molecule has 0 saturated carbocycles. The lowest BCUT2D eigenvalue weighted by molar-refractivity contribution is 0.600. The van der Waals surface area contributed by atoms with Crippen molar-refractivity contribution >= 4 is 11.6 Å². The van der Waals surface area contributed by atoms with Crippen LogP contribution in [0, 0.1) is 12.7 Å². The third-order valence-corrected chi connectivity index (χ3v) is 2.65. The van der Waals surface area contributed by atoms with Crippen molar-refractivity contribution < 1.29 is 4.39 Å². The van der Waals surface area contributed by atoms with Crippen molar-refractivity contribution in [2.45, 2.75) is 13.5 Å². The highest BCUT2D eigenvalue weighted by Crippen LogP contribution is 2.20. The number of halogens is 2. The molecule has 0 saturated heterocycles. The maximum Gasteiger partial charge on any atom is 0.129 e. The molecule has 0 unspecified atom stereocenters. The molecule has 78 valence electrons. The molecular weight excluding hydrogens is 213 g/mol. The number of hydrogen-bond donors (Lipinski definition) is 0. The first-order valence-electron chi connectivity index (χ1n) is 4.72. The minimum Gasteiger partial charge on any atom is -0.349 e. The van der Waals surface area contributed by atoms with E-state index in [1.165, 1.54) is 6.07 Å². The highest BCUT2D eigenvalue weighted by Gasteiger charge is 2.06. The molecule has 0 amide bonds. The van der Waals surface area contributed by atoms with Gasteiger partial charge in [0.05, 0.1) is 6.54 Å². The molecule has 0 aliphatic rings. The van der Waals surface area contributed by atoms with Crippen LogP contribution >= 0.6 is 11.6 Å². The van der Waals surface area contributed by atoms with Crippen LogP contribution in [0.2, 0.25) is 5.02 Å². The number of nitrogens with zero attached hydrogens (tertiary/aromatic N) is 1. The number of rotatable bonds is 2. The third-order valence-electron chi connectivity index (χ3n) is 2.30. The first-order valence-corrected chi connectivity index (χ1v) is 5.10. The molecule has 2 aromatic rings. The zero-order valence-corrected chi connectivity index (χ0v) is 9.13. The molecule has 0 N–H and O–H groups in total. The lowest BCUT2D eigenvalue weighted by Crippen LogP contribution is -2.00. The second kappa shape index (κ2) is 4.07. The molecular formula is C12H11ClFN. The number of aryl methyl sites for hydroxylation is 1. The Kier molecular flexibility index (Phi) is 2.78.